The summed E-state index contributed by atoms with van der Waals surface area (Å²) in [6, 6.07) is 12.2. The van der Waals surface area contributed by atoms with E-state index in [-0.39, 0.29) is 0 Å². The van der Waals surface area contributed by atoms with E-state index in [0.29, 0.717) is 13.2 Å². The highest BCUT2D eigenvalue weighted by atomic mass is 79.9. The highest BCUT2D eigenvalue weighted by Gasteiger charge is 2.10. The molecule has 27 heavy (non-hydrogen) atoms. The van der Waals surface area contributed by atoms with Crippen molar-refractivity contribution in [1.82, 2.24) is 15.3 Å². The van der Waals surface area contributed by atoms with Crippen molar-refractivity contribution >= 4 is 27.0 Å². The van der Waals surface area contributed by atoms with E-state index in [4.69, 9.17) is 9.47 Å². The molecular weight excluding hydrogens is 406 g/mol. The van der Waals surface area contributed by atoms with Crippen LogP contribution < -0.4 is 14.8 Å². The fourth-order valence-electron chi connectivity index (χ4n) is 2.98. The molecule has 0 saturated carbocycles. The minimum absolute atomic E-state index is 0.617. The lowest BCUT2D eigenvalue weighted by atomic mass is 10.2. The molecule has 0 atom stereocenters. The number of nitrogens with zero attached hydrogens (tertiary/aromatic N) is 1. The van der Waals surface area contributed by atoms with Crippen molar-refractivity contribution in [2.75, 3.05) is 19.8 Å². The minimum Gasteiger partial charge on any atom is -0.490 e. The summed E-state index contributed by atoms with van der Waals surface area (Å²) in [7, 11) is 0. The van der Waals surface area contributed by atoms with Gasteiger partial charge >= 0.3 is 0 Å². The highest BCUT2D eigenvalue weighted by Crippen LogP contribution is 2.33. The average molecular weight is 432 g/mol. The Bertz CT molecular complexity index is 846. The van der Waals surface area contributed by atoms with Gasteiger partial charge in [-0.05, 0) is 56.6 Å². The molecule has 5 nitrogen and oxygen atoms in total. The summed E-state index contributed by atoms with van der Waals surface area (Å²) in [5.74, 6) is 2.61. The summed E-state index contributed by atoms with van der Waals surface area (Å²) in [5.41, 5.74) is 3.29. The van der Waals surface area contributed by atoms with Gasteiger partial charge in [0.1, 0.15) is 5.82 Å². The van der Waals surface area contributed by atoms with E-state index in [1.54, 1.807) is 0 Å². The first-order valence-corrected chi connectivity index (χ1v) is 10.2. The fraction of sp³-hybridized carbons (Fsp3) is 0.381. The molecule has 2 aromatic carbocycles. The second kappa shape index (κ2) is 9.76. The van der Waals surface area contributed by atoms with E-state index in [9.17, 15) is 0 Å². The third-order valence-electron chi connectivity index (χ3n) is 4.23. The first-order chi connectivity index (χ1) is 13.2. The Morgan fingerprint density at radius 1 is 1.07 bits per heavy atom. The lowest BCUT2D eigenvalue weighted by Crippen LogP contribution is -2.16. The van der Waals surface area contributed by atoms with Crippen LogP contribution in [0.2, 0.25) is 0 Å². The number of fused-ring (bicyclic) bond motifs is 1. The molecule has 1 aromatic heterocycles. The number of halogens is 1. The quantitative estimate of drug-likeness (QED) is 0.450. The SMILES string of the molecule is CCOc1cc(Br)c(CNCCCc2nc3ccccc3[nH]2)cc1OCC. The van der Waals surface area contributed by atoms with Gasteiger partial charge < -0.3 is 19.8 Å². The Balaban J connectivity index is 1.51. The molecule has 0 aliphatic carbocycles. The number of aromatic nitrogens is 2. The summed E-state index contributed by atoms with van der Waals surface area (Å²) in [6.07, 6.45) is 1.95. The van der Waals surface area contributed by atoms with E-state index >= 15 is 0 Å². The molecule has 3 aromatic rings. The van der Waals surface area contributed by atoms with E-state index in [2.05, 4.69) is 37.3 Å². The number of para-hydroxylation sites is 2. The molecule has 0 spiro atoms. The van der Waals surface area contributed by atoms with Gasteiger partial charge in [-0.25, -0.2) is 4.98 Å². The second-order valence-corrected chi connectivity index (χ2v) is 7.09. The van der Waals surface area contributed by atoms with Gasteiger partial charge in [0.15, 0.2) is 11.5 Å². The molecule has 144 valence electrons. The van der Waals surface area contributed by atoms with Crippen LogP contribution in [-0.2, 0) is 13.0 Å². The zero-order chi connectivity index (χ0) is 19.1. The van der Waals surface area contributed by atoms with Crippen LogP contribution in [0, 0.1) is 0 Å². The maximum absolute atomic E-state index is 5.71. The van der Waals surface area contributed by atoms with Gasteiger partial charge in [0, 0.05) is 17.4 Å². The number of ether oxygens (including phenoxy) is 2. The van der Waals surface area contributed by atoms with Gasteiger partial charge in [-0.3, -0.25) is 0 Å². The molecule has 6 heteroatoms. The molecule has 0 unspecified atom stereocenters. The van der Waals surface area contributed by atoms with Crippen molar-refractivity contribution in [3.8, 4) is 11.5 Å². The van der Waals surface area contributed by atoms with E-state index in [0.717, 1.165) is 64.3 Å². The molecule has 0 bridgehead atoms. The predicted molar refractivity (Wildman–Crippen MR) is 113 cm³/mol. The summed E-state index contributed by atoms with van der Waals surface area (Å²) in [6.45, 7) is 6.88. The Hall–Kier alpha value is -2.05. The Labute approximate surface area is 168 Å². The van der Waals surface area contributed by atoms with Crippen LogP contribution in [0.25, 0.3) is 11.0 Å². The van der Waals surface area contributed by atoms with Crippen LogP contribution in [0.3, 0.4) is 0 Å². The molecule has 0 amide bonds. The standard InChI is InChI=1S/C21H26BrN3O2/c1-3-26-19-12-15(16(22)13-20(19)27-4-2)14-23-11-7-10-21-24-17-8-5-6-9-18(17)25-21/h5-6,8-9,12-13,23H,3-4,7,10-11,14H2,1-2H3,(H,24,25). The normalized spacial score (nSPS) is 11.1. The number of rotatable bonds is 10. The molecule has 0 fully saturated rings. The maximum atomic E-state index is 5.71. The average Bonchev–Trinajstić information content (AvgIpc) is 3.08. The van der Waals surface area contributed by atoms with Crippen LogP contribution in [0.5, 0.6) is 11.5 Å². The van der Waals surface area contributed by atoms with E-state index in [1.807, 2.05) is 44.2 Å². The van der Waals surface area contributed by atoms with Crippen molar-refractivity contribution in [2.24, 2.45) is 0 Å². The highest BCUT2D eigenvalue weighted by molar-refractivity contribution is 9.10. The van der Waals surface area contributed by atoms with Crippen LogP contribution >= 0.6 is 15.9 Å². The molecule has 3 rings (SSSR count). The number of aromatic amines is 1. The zero-order valence-electron chi connectivity index (χ0n) is 15.8. The maximum Gasteiger partial charge on any atom is 0.162 e. The summed E-state index contributed by atoms with van der Waals surface area (Å²) < 4.78 is 12.4. The van der Waals surface area contributed by atoms with Gasteiger partial charge in [0.25, 0.3) is 0 Å². The van der Waals surface area contributed by atoms with Gasteiger partial charge in [-0.2, -0.15) is 0 Å². The number of imidazole rings is 1. The third kappa shape index (κ3) is 5.23. The minimum atomic E-state index is 0.617. The first-order valence-electron chi connectivity index (χ1n) is 9.43. The van der Waals surface area contributed by atoms with Crippen molar-refractivity contribution in [3.05, 3.63) is 52.3 Å². The zero-order valence-corrected chi connectivity index (χ0v) is 17.4. The first kappa shape index (κ1) is 19.7. The largest absolute Gasteiger partial charge is 0.490 e. The van der Waals surface area contributed by atoms with Gasteiger partial charge in [-0.15, -0.1) is 0 Å². The van der Waals surface area contributed by atoms with Crippen molar-refractivity contribution in [3.63, 3.8) is 0 Å². The second-order valence-electron chi connectivity index (χ2n) is 6.24. The monoisotopic (exact) mass is 431 g/mol. The topological polar surface area (TPSA) is 59.2 Å². The third-order valence-corrected chi connectivity index (χ3v) is 4.97. The van der Waals surface area contributed by atoms with Crippen molar-refractivity contribution in [2.45, 2.75) is 33.2 Å². The molecule has 0 saturated heterocycles. The van der Waals surface area contributed by atoms with Crippen molar-refractivity contribution < 1.29 is 9.47 Å². The number of benzene rings is 2. The summed E-state index contributed by atoms with van der Waals surface area (Å²) in [4.78, 5) is 8.00. The lowest BCUT2D eigenvalue weighted by molar-refractivity contribution is 0.287. The molecule has 0 radical (unpaired) electrons. The number of aryl methyl sites for hydroxylation is 1. The number of H-pyrrole nitrogens is 1. The van der Waals surface area contributed by atoms with Crippen LogP contribution in [0.15, 0.2) is 40.9 Å². The molecule has 2 N–H and O–H groups in total. The van der Waals surface area contributed by atoms with Gasteiger partial charge in [-0.1, -0.05) is 28.1 Å². The molecule has 0 aliphatic rings. The smallest absolute Gasteiger partial charge is 0.162 e. The van der Waals surface area contributed by atoms with Gasteiger partial charge in [0.05, 0.1) is 24.2 Å². The van der Waals surface area contributed by atoms with Gasteiger partial charge in [0.2, 0.25) is 0 Å². The van der Waals surface area contributed by atoms with Crippen LogP contribution in [0.4, 0.5) is 0 Å². The lowest BCUT2D eigenvalue weighted by Gasteiger charge is -2.14. The van der Waals surface area contributed by atoms with Crippen LogP contribution in [0.1, 0.15) is 31.7 Å². The number of hydrogen-bond donors (Lipinski definition) is 2. The summed E-state index contributed by atoms with van der Waals surface area (Å²) in [5, 5.41) is 3.50. The van der Waals surface area contributed by atoms with E-state index in [1.165, 1.54) is 0 Å². The summed E-state index contributed by atoms with van der Waals surface area (Å²) >= 11 is 3.64. The van der Waals surface area contributed by atoms with Crippen LogP contribution in [-0.4, -0.2) is 29.7 Å². The molecular formula is C21H26BrN3O2. The molecule has 0 aliphatic heterocycles. The Morgan fingerprint density at radius 2 is 1.81 bits per heavy atom. The Morgan fingerprint density at radius 3 is 2.56 bits per heavy atom. The fourth-order valence-corrected chi connectivity index (χ4v) is 3.44. The van der Waals surface area contributed by atoms with Crippen molar-refractivity contribution in [1.29, 1.82) is 0 Å². The predicted octanol–water partition coefficient (Wildman–Crippen LogP) is 4.85. The Kier molecular flexibility index (Phi) is 7.12. The van der Waals surface area contributed by atoms with E-state index < -0.39 is 0 Å². The number of hydrogen-bond acceptors (Lipinski definition) is 4. The number of nitrogens with one attached hydrogen (secondary N) is 2. The molecule has 1 heterocycles.